The van der Waals surface area contributed by atoms with Crippen LogP contribution in [0.4, 0.5) is 5.69 Å². The number of hydrogen-bond acceptors (Lipinski definition) is 3. The second kappa shape index (κ2) is 4.90. The van der Waals surface area contributed by atoms with Crippen LogP contribution in [-0.2, 0) is 0 Å². The maximum absolute atomic E-state index is 5.89. The molecule has 2 N–H and O–H groups in total. The molecule has 1 saturated heterocycles. The molecule has 0 bridgehead atoms. The maximum atomic E-state index is 5.89. The van der Waals surface area contributed by atoms with E-state index in [-0.39, 0.29) is 5.54 Å². The first-order valence-corrected chi connectivity index (χ1v) is 6.69. The van der Waals surface area contributed by atoms with E-state index in [0.29, 0.717) is 6.04 Å². The second-order valence-corrected chi connectivity index (χ2v) is 6.01. The first-order chi connectivity index (χ1) is 8.45. The van der Waals surface area contributed by atoms with Gasteiger partial charge in [-0.3, -0.25) is 4.90 Å². The molecule has 0 aromatic heterocycles. The van der Waals surface area contributed by atoms with Gasteiger partial charge in [-0.15, -0.1) is 0 Å². The third kappa shape index (κ3) is 2.38. The van der Waals surface area contributed by atoms with E-state index in [1.165, 1.54) is 11.3 Å². The summed E-state index contributed by atoms with van der Waals surface area (Å²) in [7, 11) is 2.18. The lowest BCUT2D eigenvalue weighted by Gasteiger charge is -2.51. The number of nitrogens with two attached hydrogens (primary N) is 1. The Bertz CT molecular complexity index is 414. The van der Waals surface area contributed by atoms with Gasteiger partial charge in [0.05, 0.1) is 0 Å². The predicted octanol–water partition coefficient (Wildman–Crippen LogP) is 1.85. The number of rotatable bonds is 2. The van der Waals surface area contributed by atoms with Crippen LogP contribution >= 0.6 is 0 Å². The molecule has 1 aliphatic rings. The molecule has 100 valence electrons. The van der Waals surface area contributed by atoms with Crippen LogP contribution in [0.1, 0.15) is 19.4 Å². The zero-order valence-electron chi connectivity index (χ0n) is 12.0. The number of benzene rings is 1. The van der Waals surface area contributed by atoms with Crippen LogP contribution in [0.5, 0.6) is 0 Å². The Labute approximate surface area is 111 Å². The number of nitrogens with zero attached hydrogens (tertiary/aromatic N) is 2. The Hall–Kier alpha value is -1.06. The van der Waals surface area contributed by atoms with E-state index in [2.05, 4.69) is 61.9 Å². The highest BCUT2D eigenvalue weighted by Gasteiger charge is 2.37. The molecule has 1 aromatic rings. The van der Waals surface area contributed by atoms with Gasteiger partial charge in [-0.05, 0) is 39.4 Å². The van der Waals surface area contributed by atoms with Gasteiger partial charge in [-0.2, -0.15) is 0 Å². The first-order valence-electron chi connectivity index (χ1n) is 6.69. The van der Waals surface area contributed by atoms with Crippen LogP contribution in [0.25, 0.3) is 0 Å². The maximum Gasteiger partial charge on any atom is 0.0473 e. The number of likely N-dealkylation sites (N-methyl/N-ethyl adjacent to an activating group) is 1. The molecule has 1 fully saturated rings. The number of para-hydroxylation sites is 1. The predicted molar refractivity (Wildman–Crippen MR) is 78.1 cm³/mol. The monoisotopic (exact) mass is 247 g/mol. The lowest BCUT2D eigenvalue weighted by atomic mass is 9.94. The summed E-state index contributed by atoms with van der Waals surface area (Å²) in [5, 5.41) is 0. The van der Waals surface area contributed by atoms with Gasteiger partial charge >= 0.3 is 0 Å². The van der Waals surface area contributed by atoms with E-state index >= 15 is 0 Å². The Kier molecular flexibility index (Phi) is 3.64. The topological polar surface area (TPSA) is 32.5 Å². The van der Waals surface area contributed by atoms with Crippen LogP contribution in [0.3, 0.4) is 0 Å². The quantitative estimate of drug-likeness (QED) is 0.866. The first kappa shape index (κ1) is 13.4. The minimum atomic E-state index is 0.145. The summed E-state index contributed by atoms with van der Waals surface area (Å²) >= 11 is 0. The second-order valence-electron chi connectivity index (χ2n) is 6.01. The summed E-state index contributed by atoms with van der Waals surface area (Å²) in [6, 6.07) is 9.06. The van der Waals surface area contributed by atoms with Gasteiger partial charge in [-0.1, -0.05) is 18.2 Å². The standard InChI is InChI=1S/C15H25N3/c1-12-7-5-6-8-14(12)18-10-13(9-16)17(4)11-15(18,2)3/h5-8,13H,9-11,16H2,1-4H3. The molecule has 1 aromatic carbocycles. The fourth-order valence-electron chi connectivity index (χ4n) is 2.97. The Morgan fingerprint density at radius 3 is 2.61 bits per heavy atom. The van der Waals surface area contributed by atoms with E-state index < -0.39 is 0 Å². The molecule has 3 nitrogen and oxygen atoms in total. The van der Waals surface area contributed by atoms with Crippen molar-refractivity contribution in [3.63, 3.8) is 0 Å². The molecule has 1 unspecified atom stereocenters. The van der Waals surface area contributed by atoms with E-state index in [0.717, 1.165) is 19.6 Å². The fraction of sp³-hybridized carbons (Fsp3) is 0.600. The van der Waals surface area contributed by atoms with Crippen molar-refractivity contribution >= 4 is 5.69 Å². The molecule has 0 aliphatic carbocycles. The van der Waals surface area contributed by atoms with Gasteiger partial charge in [0, 0.05) is 36.9 Å². The molecule has 0 spiro atoms. The highest BCUT2D eigenvalue weighted by atomic mass is 15.3. The molecule has 0 radical (unpaired) electrons. The average molecular weight is 247 g/mol. The summed E-state index contributed by atoms with van der Waals surface area (Å²) in [6.07, 6.45) is 0. The van der Waals surface area contributed by atoms with E-state index in [4.69, 9.17) is 5.73 Å². The van der Waals surface area contributed by atoms with Crippen molar-refractivity contribution in [2.24, 2.45) is 5.73 Å². The molecule has 0 amide bonds. The summed E-state index contributed by atoms with van der Waals surface area (Å²) in [4.78, 5) is 4.90. The molecular formula is C15H25N3. The van der Waals surface area contributed by atoms with E-state index in [1.807, 2.05) is 0 Å². The smallest absolute Gasteiger partial charge is 0.0473 e. The summed E-state index contributed by atoms with van der Waals surface area (Å²) in [6.45, 7) is 9.57. The summed E-state index contributed by atoms with van der Waals surface area (Å²) in [5.74, 6) is 0. The van der Waals surface area contributed by atoms with Crippen LogP contribution in [-0.4, -0.2) is 43.2 Å². The highest BCUT2D eigenvalue weighted by Crippen LogP contribution is 2.31. The molecule has 1 atom stereocenters. The Morgan fingerprint density at radius 1 is 1.33 bits per heavy atom. The van der Waals surface area contributed by atoms with Crippen LogP contribution in [0.2, 0.25) is 0 Å². The van der Waals surface area contributed by atoms with Gasteiger partial charge in [0.1, 0.15) is 0 Å². The Balaban J connectivity index is 2.33. The zero-order chi connectivity index (χ0) is 13.3. The van der Waals surface area contributed by atoms with Crippen LogP contribution < -0.4 is 10.6 Å². The van der Waals surface area contributed by atoms with E-state index in [1.54, 1.807) is 0 Å². The number of anilines is 1. The molecule has 1 heterocycles. The van der Waals surface area contributed by atoms with Crippen molar-refractivity contribution in [2.45, 2.75) is 32.4 Å². The minimum absolute atomic E-state index is 0.145. The van der Waals surface area contributed by atoms with Gasteiger partial charge in [0.2, 0.25) is 0 Å². The normalized spacial score (nSPS) is 24.3. The molecular weight excluding hydrogens is 222 g/mol. The summed E-state index contributed by atoms with van der Waals surface area (Å²) in [5.41, 5.74) is 8.72. The van der Waals surface area contributed by atoms with Crippen molar-refractivity contribution in [1.29, 1.82) is 0 Å². The summed E-state index contributed by atoms with van der Waals surface area (Å²) < 4.78 is 0. The third-order valence-electron chi connectivity index (χ3n) is 4.06. The van der Waals surface area contributed by atoms with Crippen molar-refractivity contribution < 1.29 is 0 Å². The van der Waals surface area contributed by atoms with Gasteiger partial charge in [0.25, 0.3) is 0 Å². The number of hydrogen-bond donors (Lipinski definition) is 1. The van der Waals surface area contributed by atoms with Gasteiger partial charge in [0.15, 0.2) is 0 Å². The number of aryl methyl sites for hydroxylation is 1. The number of piperazine rings is 1. The molecule has 1 aliphatic heterocycles. The molecule has 3 heteroatoms. The highest BCUT2D eigenvalue weighted by molar-refractivity contribution is 5.55. The minimum Gasteiger partial charge on any atom is -0.363 e. The average Bonchev–Trinajstić information content (AvgIpc) is 2.30. The van der Waals surface area contributed by atoms with Gasteiger partial charge < -0.3 is 10.6 Å². The molecule has 18 heavy (non-hydrogen) atoms. The van der Waals surface area contributed by atoms with Crippen molar-refractivity contribution in [1.82, 2.24) is 4.90 Å². The van der Waals surface area contributed by atoms with Gasteiger partial charge in [-0.25, -0.2) is 0 Å². The largest absolute Gasteiger partial charge is 0.363 e. The zero-order valence-corrected chi connectivity index (χ0v) is 12.0. The van der Waals surface area contributed by atoms with Crippen LogP contribution in [0, 0.1) is 6.92 Å². The Morgan fingerprint density at radius 2 is 2.00 bits per heavy atom. The lowest BCUT2D eigenvalue weighted by Crippen LogP contribution is -2.64. The lowest BCUT2D eigenvalue weighted by molar-refractivity contribution is 0.155. The van der Waals surface area contributed by atoms with Crippen molar-refractivity contribution in [2.75, 3.05) is 31.6 Å². The van der Waals surface area contributed by atoms with E-state index in [9.17, 15) is 0 Å². The fourth-order valence-corrected chi connectivity index (χ4v) is 2.97. The molecule has 2 rings (SSSR count). The SMILES string of the molecule is Cc1ccccc1N1CC(CN)N(C)CC1(C)C. The van der Waals surface area contributed by atoms with Crippen molar-refractivity contribution in [3.05, 3.63) is 29.8 Å². The molecule has 0 saturated carbocycles. The third-order valence-corrected chi connectivity index (χ3v) is 4.06. The van der Waals surface area contributed by atoms with Crippen molar-refractivity contribution in [3.8, 4) is 0 Å². The van der Waals surface area contributed by atoms with Crippen LogP contribution in [0.15, 0.2) is 24.3 Å².